The summed E-state index contributed by atoms with van der Waals surface area (Å²) in [7, 11) is 0. The molecule has 0 aliphatic heterocycles. The van der Waals surface area contributed by atoms with E-state index in [1.54, 1.807) is 11.8 Å². The third kappa shape index (κ3) is 4.18. The average Bonchev–Trinajstić information content (AvgIpc) is 2.80. The van der Waals surface area contributed by atoms with Gasteiger partial charge in [0.25, 0.3) is 0 Å². The third-order valence-electron chi connectivity index (χ3n) is 3.73. The minimum absolute atomic E-state index is 0.0791. The van der Waals surface area contributed by atoms with Crippen LogP contribution in [0.1, 0.15) is 17.7 Å². The lowest BCUT2D eigenvalue weighted by atomic mass is 10.1. The molecule has 0 saturated carbocycles. The van der Waals surface area contributed by atoms with Crippen molar-refractivity contribution in [2.75, 3.05) is 18.6 Å². The van der Waals surface area contributed by atoms with Gasteiger partial charge in [-0.3, -0.25) is 4.79 Å². The first-order chi connectivity index (χ1) is 10.5. The summed E-state index contributed by atoms with van der Waals surface area (Å²) in [6.07, 6.45) is 3.47. The number of nitrogens with one attached hydrogen (secondary N) is 2. The van der Waals surface area contributed by atoms with Crippen molar-refractivity contribution in [3.05, 3.63) is 34.5 Å². The Labute approximate surface area is 140 Å². The molecule has 0 spiro atoms. The highest BCUT2D eigenvalue weighted by molar-refractivity contribution is 7.98. The van der Waals surface area contributed by atoms with Crippen LogP contribution in [0.15, 0.2) is 18.2 Å². The average molecular weight is 340 g/mol. The van der Waals surface area contributed by atoms with Gasteiger partial charge in [-0.1, -0.05) is 11.6 Å². The zero-order chi connectivity index (χ0) is 16.1. The third-order valence-corrected chi connectivity index (χ3v) is 4.60. The molecule has 22 heavy (non-hydrogen) atoms. The standard InChI is InChI=1S/C16H22ClN3OS/c1-10-12(13-9-11(17)3-4-15(13)20-10)5-7-19-16(21)14(18)6-8-22-2/h3-4,9,14,20H,5-8,18H2,1-2H3,(H,19,21)/t14-/m0/s1. The van der Waals surface area contributed by atoms with Crippen molar-refractivity contribution < 1.29 is 4.79 Å². The van der Waals surface area contributed by atoms with Gasteiger partial charge in [0.15, 0.2) is 0 Å². The molecule has 1 atom stereocenters. The van der Waals surface area contributed by atoms with Crippen LogP contribution in [0, 0.1) is 6.92 Å². The molecule has 0 saturated heterocycles. The van der Waals surface area contributed by atoms with Crippen molar-refractivity contribution in [1.29, 1.82) is 0 Å². The zero-order valence-corrected chi connectivity index (χ0v) is 14.5. The first-order valence-electron chi connectivity index (χ1n) is 7.32. The van der Waals surface area contributed by atoms with Crippen LogP contribution < -0.4 is 11.1 Å². The number of amides is 1. The molecule has 2 rings (SSSR count). The molecule has 0 aliphatic rings. The Hall–Kier alpha value is -1.17. The summed E-state index contributed by atoms with van der Waals surface area (Å²) in [6.45, 7) is 2.61. The van der Waals surface area contributed by atoms with Gasteiger partial charge in [0.05, 0.1) is 6.04 Å². The van der Waals surface area contributed by atoms with E-state index in [4.69, 9.17) is 17.3 Å². The van der Waals surface area contributed by atoms with Gasteiger partial charge in [-0.25, -0.2) is 0 Å². The van der Waals surface area contributed by atoms with E-state index in [1.165, 1.54) is 5.56 Å². The number of hydrogen-bond acceptors (Lipinski definition) is 3. The summed E-state index contributed by atoms with van der Waals surface area (Å²) in [5, 5.41) is 4.75. The van der Waals surface area contributed by atoms with Crippen molar-refractivity contribution in [3.8, 4) is 0 Å². The molecule has 2 aromatic rings. The van der Waals surface area contributed by atoms with E-state index in [9.17, 15) is 4.79 Å². The van der Waals surface area contributed by atoms with Crippen LogP contribution in [-0.4, -0.2) is 35.5 Å². The Morgan fingerprint density at radius 1 is 1.50 bits per heavy atom. The van der Waals surface area contributed by atoms with Crippen LogP contribution in [0.2, 0.25) is 5.02 Å². The largest absolute Gasteiger partial charge is 0.358 e. The molecule has 1 amide bonds. The number of thioether (sulfide) groups is 1. The van der Waals surface area contributed by atoms with E-state index in [-0.39, 0.29) is 5.91 Å². The molecule has 0 radical (unpaired) electrons. The molecule has 0 fully saturated rings. The van der Waals surface area contributed by atoms with Crippen molar-refractivity contribution in [2.24, 2.45) is 5.73 Å². The smallest absolute Gasteiger partial charge is 0.236 e. The highest BCUT2D eigenvalue weighted by Gasteiger charge is 2.13. The highest BCUT2D eigenvalue weighted by atomic mass is 35.5. The van der Waals surface area contributed by atoms with Gasteiger partial charge >= 0.3 is 0 Å². The second kappa shape index (κ2) is 7.90. The molecule has 1 aromatic heterocycles. The van der Waals surface area contributed by atoms with Gasteiger partial charge in [0.1, 0.15) is 0 Å². The lowest BCUT2D eigenvalue weighted by molar-refractivity contribution is -0.122. The van der Waals surface area contributed by atoms with Crippen LogP contribution in [0.4, 0.5) is 0 Å². The van der Waals surface area contributed by atoms with Crippen molar-refractivity contribution >= 4 is 40.2 Å². The van der Waals surface area contributed by atoms with Crippen molar-refractivity contribution in [2.45, 2.75) is 25.8 Å². The molecule has 1 heterocycles. The van der Waals surface area contributed by atoms with Gasteiger partial charge in [0, 0.05) is 28.2 Å². The SMILES string of the molecule is CSCC[C@H](N)C(=O)NCCc1c(C)[nH]c2ccc(Cl)cc12. The molecule has 0 bridgehead atoms. The fourth-order valence-electron chi connectivity index (χ4n) is 2.49. The second-order valence-corrected chi connectivity index (χ2v) is 6.77. The molecule has 1 aromatic carbocycles. The maximum Gasteiger partial charge on any atom is 0.236 e. The van der Waals surface area contributed by atoms with E-state index < -0.39 is 6.04 Å². The van der Waals surface area contributed by atoms with Gasteiger partial charge < -0.3 is 16.0 Å². The van der Waals surface area contributed by atoms with E-state index >= 15 is 0 Å². The number of fused-ring (bicyclic) bond motifs is 1. The van der Waals surface area contributed by atoms with Crippen LogP contribution >= 0.6 is 23.4 Å². The number of carbonyl (C=O) groups excluding carboxylic acids is 1. The Balaban J connectivity index is 1.96. The van der Waals surface area contributed by atoms with E-state index in [1.807, 2.05) is 31.4 Å². The second-order valence-electron chi connectivity index (χ2n) is 5.35. The Morgan fingerprint density at radius 3 is 3.00 bits per heavy atom. The summed E-state index contributed by atoms with van der Waals surface area (Å²) in [5.41, 5.74) is 9.22. The minimum Gasteiger partial charge on any atom is -0.358 e. The summed E-state index contributed by atoms with van der Waals surface area (Å²) < 4.78 is 0. The minimum atomic E-state index is -0.425. The summed E-state index contributed by atoms with van der Waals surface area (Å²) in [6, 6.07) is 5.38. The molecular weight excluding hydrogens is 318 g/mol. The molecule has 4 N–H and O–H groups in total. The van der Waals surface area contributed by atoms with Gasteiger partial charge in [-0.15, -0.1) is 0 Å². The van der Waals surface area contributed by atoms with Crippen LogP contribution in [0.3, 0.4) is 0 Å². The molecule has 120 valence electrons. The van der Waals surface area contributed by atoms with E-state index in [2.05, 4.69) is 10.3 Å². The Morgan fingerprint density at radius 2 is 2.27 bits per heavy atom. The van der Waals surface area contributed by atoms with Crippen LogP contribution in [0.25, 0.3) is 10.9 Å². The number of rotatable bonds is 7. The predicted octanol–water partition coefficient (Wildman–Crippen LogP) is 2.87. The topological polar surface area (TPSA) is 70.9 Å². The van der Waals surface area contributed by atoms with Crippen LogP contribution in [0.5, 0.6) is 0 Å². The molecule has 6 heteroatoms. The number of nitrogens with two attached hydrogens (primary N) is 1. The van der Waals surface area contributed by atoms with Gasteiger partial charge in [0.2, 0.25) is 5.91 Å². The quantitative estimate of drug-likeness (QED) is 0.726. The van der Waals surface area contributed by atoms with Gasteiger partial charge in [-0.2, -0.15) is 11.8 Å². The number of carbonyl (C=O) groups is 1. The van der Waals surface area contributed by atoms with Gasteiger partial charge in [-0.05, 0) is 55.5 Å². The number of halogens is 1. The maximum atomic E-state index is 11.9. The lowest BCUT2D eigenvalue weighted by Gasteiger charge is -2.11. The molecule has 0 aliphatic carbocycles. The number of hydrogen-bond donors (Lipinski definition) is 3. The summed E-state index contributed by atoms with van der Waals surface area (Å²) in [5.74, 6) is 0.818. The molecule has 0 unspecified atom stereocenters. The Kier molecular flexibility index (Phi) is 6.17. The molecular formula is C16H22ClN3OS. The van der Waals surface area contributed by atoms with Crippen molar-refractivity contribution in [3.63, 3.8) is 0 Å². The first-order valence-corrected chi connectivity index (χ1v) is 9.09. The molecule has 4 nitrogen and oxygen atoms in total. The van der Waals surface area contributed by atoms with Crippen LogP contribution in [-0.2, 0) is 11.2 Å². The fourth-order valence-corrected chi connectivity index (χ4v) is 3.16. The highest BCUT2D eigenvalue weighted by Crippen LogP contribution is 2.25. The summed E-state index contributed by atoms with van der Waals surface area (Å²) in [4.78, 5) is 15.2. The number of aromatic nitrogens is 1. The summed E-state index contributed by atoms with van der Waals surface area (Å²) >= 11 is 7.77. The number of benzene rings is 1. The van der Waals surface area contributed by atoms with E-state index in [0.717, 1.165) is 33.8 Å². The number of aromatic amines is 1. The zero-order valence-electron chi connectivity index (χ0n) is 12.9. The number of H-pyrrole nitrogens is 1. The lowest BCUT2D eigenvalue weighted by Crippen LogP contribution is -2.41. The normalized spacial score (nSPS) is 12.5. The fraction of sp³-hybridized carbons (Fsp3) is 0.438. The number of aryl methyl sites for hydroxylation is 1. The van der Waals surface area contributed by atoms with Crippen molar-refractivity contribution in [1.82, 2.24) is 10.3 Å². The first kappa shape index (κ1) is 17.2. The Bertz CT molecular complexity index is 656. The van der Waals surface area contributed by atoms with E-state index in [0.29, 0.717) is 13.0 Å². The monoisotopic (exact) mass is 339 g/mol. The predicted molar refractivity (Wildman–Crippen MR) is 95.7 cm³/mol. The maximum absolute atomic E-state index is 11.9.